The van der Waals surface area contributed by atoms with Gasteiger partial charge < -0.3 is 19.7 Å². The second-order valence-corrected chi connectivity index (χ2v) is 7.67. The van der Waals surface area contributed by atoms with E-state index in [1.54, 1.807) is 0 Å². The van der Waals surface area contributed by atoms with E-state index in [1.807, 2.05) is 50.2 Å². The SMILES string of the molecule is CC(C)COC(=O)c1nc2ccccc2nc1Nc1ccc(N2CCOCC2)cc1. The molecular weight excluding hydrogens is 380 g/mol. The normalized spacial score (nSPS) is 14.2. The fourth-order valence-corrected chi connectivity index (χ4v) is 3.25. The molecule has 2 heterocycles. The summed E-state index contributed by atoms with van der Waals surface area (Å²) in [6, 6.07) is 15.5. The molecule has 1 fully saturated rings. The van der Waals surface area contributed by atoms with E-state index in [4.69, 9.17) is 9.47 Å². The molecule has 7 heteroatoms. The summed E-state index contributed by atoms with van der Waals surface area (Å²) in [5, 5.41) is 3.25. The number of nitrogens with one attached hydrogen (secondary N) is 1. The Bertz CT molecular complexity index is 1010. The average Bonchev–Trinajstić information content (AvgIpc) is 2.78. The van der Waals surface area contributed by atoms with Gasteiger partial charge in [0.15, 0.2) is 11.5 Å². The van der Waals surface area contributed by atoms with E-state index in [0.29, 0.717) is 23.5 Å². The van der Waals surface area contributed by atoms with Gasteiger partial charge in [-0.1, -0.05) is 26.0 Å². The number of esters is 1. The molecule has 156 valence electrons. The van der Waals surface area contributed by atoms with Crippen LogP contribution in [0.4, 0.5) is 17.2 Å². The number of para-hydroxylation sites is 2. The highest BCUT2D eigenvalue weighted by Crippen LogP contribution is 2.24. The van der Waals surface area contributed by atoms with Crippen LogP contribution in [0.1, 0.15) is 24.3 Å². The lowest BCUT2D eigenvalue weighted by Gasteiger charge is -2.28. The molecule has 1 aromatic heterocycles. The Morgan fingerprint density at radius 3 is 2.40 bits per heavy atom. The van der Waals surface area contributed by atoms with Gasteiger partial charge in [0.05, 0.1) is 30.9 Å². The zero-order valence-electron chi connectivity index (χ0n) is 17.3. The standard InChI is InChI=1S/C23H26N4O3/c1-16(2)15-30-23(28)21-22(26-20-6-4-3-5-19(20)25-21)24-17-7-9-18(10-8-17)27-11-13-29-14-12-27/h3-10,16H,11-15H2,1-2H3,(H,24,26). The maximum atomic E-state index is 12.7. The number of carbonyl (C=O) groups is 1. The van der Waals surface area contributed by atoms with E-state index in [9.17, 15) is 4.79 Å². The van der Waals surface area contributed by atoms with Crippen molar-refractivity contribution in [1.82, 2.24) is 9.97 Å². The molecule has 1 saturated heterocycles. The highest BCUT2D eigenvalue weighted by atomic mass is 16.5. The lowest BCUT2D eigenvalue weighted by molar-refractivity contribution is 0.0453. The molecule has 0 unspecified atom stereocenters. The first-order valence-corrected chi connectivity index (χ1v) is 10.2. The number of fused-ring (bicyclic) bond motifs is 1. The first kappa shape index (κ1) is 20.1. The van der Waals surface area contributed by atoms with E-state index in [0.717, 1.165) is 37.7 Å². The summed E-state index contributed by atoms with van der Waals surface area (Å²) in [5.41, 5.74) is 3.53. The summed E-state index contributed by atoms with van der Waals surface area (Å²) in [7, 11) is 0. The van der Waals surface area contributed by atoms with Crippen molar-refractivity contribution >= 4 is 34.2 Å². The third-order valence-corrected chi connectivity index (χ3v) is 4.82. The van der Waals surface area contributed by atoms with Crippen LogP contribution in [0.15, 0.2) is 48.5 Å². The third kappa shape index (κ3) is 4.68. The Morgan fingerprint density at radius 2 is 1.73 bits per heavy atom. The number of aromatic nitrogens is 2. The van der Waals surface area contributed by atoms with Crippen LogP contribution in [-0.4, -0.2) is 48.8 Å². The van der Waals surface area contributed by atoms with E-state index >= 15 is 0 Å². The van der Waals surface area contributed by atoms with Crippen LogP contribution in [0.3, 0.4) is 0 Å². The van der Waals surface area contributed by atoms with E-state index < -0.39 is 5.97 Å². The van der Waals surface area contributed by atoms with Crippen molar-refractivity contribution in [2.24, 2.45) is 5.92 Å². The Morgan fingerprint density at radius 1 is 1.07 bits per heavy atom. The lowest BCUT2D eigenvalue weighted by Crippen LogP contribution is -2.36. The molecule has 7 nitrogen and oxygen atoms in total. The molecule has 0 atom stereocenters. The predicted octanol–water partition coefficient (Wildman–Crippen LogP) is 4.02. The molecular formula is C23H26N4O3. The number of benzene rings is 2. The summed E-state index contributed by atoms with van der Waals surface area (Å²) in [6.07, 6.45) is 0. The zero-order chi connectivity index (χ0) is 20.9. The maximum absolute atomic E-state index is 12.7. The highest BCUT2D eigenvalue weighted by molar-refractivity contribution is 5.96. The molecule has 0 bridgehead atoms. The van der Waals surface area contributed by atoms with Crippen LogP contribution < -0.4 is 10.2 Å². The molecule has 2 aromatic carbocycles. The van der Waals surface area contributed by atoms with Crippen LogP contribution in [0.5, 0.6) is 0 Å². The first-order chi connectivity index (χ1) is 14.6. The van der Waals surface area contributed by atoms with Crippen LogP contribution in [-0.2, 0) is 9.47 Å². The van der Waals surface area contributed by atoms with Gasteiger partial charge in [-0.25, -0.2) is 14.8 Å². The van der Waals surface area contributed by atoms with Crippen molar-refractivity contribution in [2.45, 2.75) is 13.8 Å². The van der Waals surface area contributed by atoms with E-state index in [2.05, 4.69) is 32.3 Å². The molecule has 1 aliphatic rings. The summed E-state index contributed by atoms with van der Waals surface area (Å²) in [4.78, 5) is 24.1. The van der Waals surface area contributed by atoms with Gasteiger partial charge >= 0.3 is 5.97 Å². The van der Waals surface area contributed by atoms with Gasteiger partial charge in [0.2, 0.25) is 0 Å². The minimum atomic E-state index is -0.477. The van der Waals surface area contributed by atoms with Gasteiger partial charge in [-0.05, 0) is 42.3 Å². The number of anilines is 3. The van der Waals surface area contributed by atoms with Crippen LogP contribution in [0.2, 0.25) is 0 Å². The summed E-state index contributed by atoms with van der Waals surface area (Å²) < 4.78 is 10.8. The smallest absolute Gasteiger partial charge is 0.360 e. The summed E-state index contributed by atoms with van der Waals surface area (Å²) in [6.45, 7) is 7.58. The minimum absolute atomic E-state index is 0.187. The number of morpholine rings is 1. The Kier molecular flexibility index (Phi) is 6.09. The Balaban J connectivity index is 1.60. The number of carbonyl (C=O) groups excluding carboxylic acids is 1. The fourth-order valence-electron chi connectivity index (χ4n) is 3.25. The van der Waals surface area contributed by atoms with Gasteiger partial charge in [-0.2, -0.15) is 0 Å². The van der Waals surface area contributed by atoms with Crippen molar-refractivity contribution in [3.63, 3.8) is 0 Å². The molecule has 1 N–H and O–H groups in total. The predicted molar refractivity (Wildman–Crippen MR) is 117 cm³/mol. The number of rotatable bonds is 6. The highest BCUT2D eigenvalue weighted by Gasteiger charge is 2.19. The zero-order valence-corrected chi connectivity index (χ0v) is 17.3. The average molecular weight is 406 g/mol. The monoisotopic (exact) mass is 406 g/mol. The summed E-state index contributed by atoms with van der Waals surface area (Å²) in [5.74, 6) is 0.155. The molecule has 30 heavy (non-hydrogen) atoms. The van der Waals surface area contributed by atoms with Crippen LogP contribution in [0, 0.1) is 5.92 Å². The van der Waals surface area contributed by atoms with Crippen molar-refractivity contribution < 1.29 is 14.3 Å². The molecule has 0 amide bonds. The topological polar surface area (TPSA) is 76.6 Å². The third-order valence-electron chi connectivity index (χ3n) is 4.82. The molecule has 0 saturated carbocycles. The molecule has 3 aromatic rings. The van der Waals surface area contributed by atoms with Gasteiger partial charge in [0, 0.05) is 24.5 Å². The number of ether oxygens (including phenoxy) is 2. The van der Waals surface area contributed by atoms with Crippen molar-refractivity contribution in [3.8, 4) is 0 Å². The van der Waals surface area contributed by atoms with Crippen LogP contribution >= 0.6 is 0 Å². The number of nitrogens with zero attached hydrogens (tertiary/aromatic N) is 3. The van der Waals surface area contributed by atoms with Gasteiger partial charge in [-0.15, -0.1) is 0 Å². The van der Waals surface area contributed by atoms with E-state index in [-0.39, 0.29) is 11.6 Å². The molecule has 0 radical (unpaired) electrons. The molecule has 0 aliphatic carbocycles. The Hall–Kier alpha value is -3.19. The van der Waals surface area contributed by atoms with Crippen molar-refractivity contribution in [1.29, 1.82) is 0 Å². The van der Waals surface area contributed by atoms with Gasteiger partial charge in [-0.3, -0.25) is 0 Å². The number of hydrogen-bond acceptors (Lipinski definition) is 7. The van der Waals surface area contributed by atoms with Crippen LogP contribution in [0.25, 0.3) is 11.0 Å². The lowest BCUT2D eigenvalue weighted by atomic mass is 10.2. The van der Waals surface area contributed by atoms with Crippen molar-refractivity contribution in [2.75, 3.05) is 43.1 Å². The van der Waals surface area contributed by atoms with Gasteiger partial charge in [0.25, 0.3) is 0 Å². The van der Waals surface area contributed by atoms with E-state index in [1.165, 1.54) is 0 Å². The maximum Gasteiger partial charge on any atom is 0.360 e. The van der Waals surface area contributed by atoms with Gasteiger partial charge in [0.1, 0.15) is 0 Å². The second kappa shape index (κ2) is 9.09. The minimum Gasteiger partial charge on any atom is -0.461 e. The largest absolute Gasteiger partial charge is 0.461 e. The quantitative estimate of drug-likeness (QED) is 0.620. The first-order valence-electron chi connectivity index (χ1n) is 10.2. The Labute approximate surface area is 176 Å². The molecule has 0 spiro atoms. The van der Waals surface area contributed by atoms with Crippen molar-refractivity contribution in [3.05, 3.63) is 54.2 Å². The molecule has 4 rings (SSSR count). The summed E-state index contributed by atoms with van der Waals surface area (Å²) >= 11 is 0. The molecule has 1 aliphatic heterocycles. The number of hydrogen-bond donors (Lipinski definition) is 1. The second-order valence-electron chi connectivity index (χ2n) is 7.67. The fraction of sp³-hybridized carbons (Fsp3) is 0.348.